The van der Waals surface area contributed by atoms with E-state index in [-0.39, 0.29) is 13.2 Å². The van der Waals surface area contributed by atoms with E-state index in [0.29, 0.717) is 17.1 Å². The second-order valence-electron chi connectivity index (χ2n) is 6.14. The normalized spacial score (nSPS) is 16.0. The van der Waals surface area contributed by atoms with Gasteiger partial charge in [-0.15, -0.1) is 0 Å². The largest absolute Gasteiger partial charge is 0.479 e. The molecule has 3 N–H and O–H groups in total. The standard InChI is InChI=1S/C15H19NO6/c1-14(2,3)22-13(19)15(16,12(17)18)7-9-4-5-10-11(6-9)21-8-20-10/h4-6H,7-8,16H2,1-3H3,(H,17,18)/t15-/m0/s1. The molecular formula is C15H19NO6. The van der Waals surface area contributed by atoms with Crippen molar-refractivity contribution < 1.29 is 28.9 Å². The van der Waals surface area contributed by atoms with Crippen LogP contribution < -0.4 is 15.2 Å². The number of benzene rings is 1. The highest BCUT2D eigenvalue weighted by atomic mass is 16.7. The minimum absolute atomic E-state index is 0.109. The Labute approximate surface area is 128 Å². The molecule has 0 saturated carbocycles. The molecule has 1 aliphatic rings. The van der Waals surface area contributed by atoms with Crippen LogP contribution in [0.4, 0.5) is 0 Å². The van der Waals surface area contributed by atoms with Crippen LogP contribution in [0.25, 0.3) is 0 Å². The van der Waals surface area contributed by atoms with Crippen molar-refractivity contribution in [3.8, 4) is 11.5 Å². The molecule has 1 aromatic carbocycles. The van der Waals surface area contributed by atoms with Crippen molar-refractivity contribution in [2.45, 2.75) is 38.3 Å². The summed E-state index contributed by atoms with van der Waals surface area (Å²) < 4.78 is 15.5. The first-order valence-electron chi connectivity index (χ1n) is 6.76. The third-order valence-corrected chi connectivity index (χ3v) is 3.06. The Balaban J connectivity index is 2.25. The molecule has 0 radical (unpaired) electrons. The van der Waals surface area contributed by atoms with Gasteiger partial charge in [0.25, 0.3) is 0 Å². The van der Waals surface area contributed by atoms with Gasteiger partial charge in [0.05, 0.1) is 0 Å². The number of hydrogen-bond donors (Lipinski definition) is 2. The number of fused-ring (bicyclic) bond motifs is 1. The van der Waals surface area contributed by atoms with Crippen molar-refractivity contribution in [3.63, 3.8) is 0 Å². The van der Waals surface area contributed by atoms with Gasteiger partial charge in [-0.25, -0.2) is 9.59 Å². The highest BCUT2D eigenvalue weighted by molar-refractivity contribution is 6.04. The summed E-state index contributed by atoms with van der Waals surface area (Å²) >= 11 is 0. The average molecular weight is 309 g/mol. The maximum Gasteiger partial charge on any atom is 0.338 e. The van der Waals surface area contributed by atoms with Crippen molar-refractivity contribution in [3.05, 3.63) is 23.8 Å². The highest BCUT2D eigenvalue weighted by Gasteiger charge is 2.45. The molecule has 0 spiro atoms. The fourth-order valence-corrected chi connectivity index (χ4v) is 1.98. The van der Waals surface area contributed by atoms with Crippen LogP contribution >= 0.6 is 0 Å². The third kappa shape index (κ3) is 3.30. The predicted molar refractivity (Wildman–Crippen MR) is 76.7 cm³/mol. The van der Waals surface area contributed by atoms with Gasteiger partial charge in [0.2, 0.25) is 12.3 Å². The van der Waals surface area contributed by atoms with Crippen LogP contribution in [0.15, 0.2) is 18.2 Å². The summed E-state index contributed by atoms with van der Waals surface area (Å²) in [6, 6.07) is 4.90. The summed E-state index contributed by atoms with van der Waals surface area (Å²) in [6.45, 7) is 5.05. The fraction of sp³-hybridized carbons (Fsp3) is 0.467. The molecule has 0 saturated heterocycles. The van der Waals surface area contributed by atoms with Gasteiger partial charge in [-0.3, -0.25) is 0 Å². The van der Waals surface area contributed by atoms with Crippen LogP contribution in [0.1, 0.15) is 26.3 Å². The summed E-state index contributed by atoms with van der Waals surface area (Å²) in [5.41, 5.74) is 3.37. The molecule has 1 aromatic rings. The lowest BCUT2D eigenvalue weighted by atomic mass is 9.91. The molecule has 22 heavy (non-hydrogen) atoms. The van der Waals surface area contributed by atoms with Gasteiger partial charge in [-0.05, 0) is 38.5 Å². The molecule has 0 fully saturated rings. The van der Waals surface area contributed by atoms with Crippen LogP contribution in [-0.4, -0.2) is 35.0 Å². The van der Waals surface area contributed by atoms with Gasteiger partial charge < -0.3 is 25.1 Å². The molecule has 120 valence electrons. The Bertz CT molecular complexity index is 607. The van der Waals surface area contributed by atoms with E-state index in [1.807, 2.05) is 0 Å². The second kappa shape index (κ2) is 5.49. The van der Waals surface area contributed by atoms with Gasteiger partial charge in [0.15, 0.2) is 11.5 Å². The zero-order valence-corrected chi connectivity index (χ0v) is 12.7. The molecule has 7 nitrogen and oxygen atoms in total. The summed E-state index contributed by atoms with van der Waals surface area (Å²) in [6.07, 6.45) is -0.214. The zero-order chi connectivity index (χ0) is 16.5. The number of ether oxygens (including phenoxy) is 3. The van der Waals surface area contributed by atoms with Gasteiger partial charge in [-0.1, -0.05) is 6.07 Å². The molecule has 7 heteroatoms. The Morgan fingerprint density at radius 3 is 2.50 bits per heavy atom. The number of nitrogens with two attached hydrogens (primary N) is 1. The van der Waals surface area contributed by atoms with Crippen molar-refractivity contribution in [1.29, 1.82) is 0 Å². The van der Waals surface area contributed by atoms with Crippen LogP contribution in [0.5, 0.6) is 11.5 Å². The summed E-state index contributed by atoms with van der Waals surface area (Å²) in [5, 5.41) is 9.37. The van der Waals surface area contributed by atoms with E-state index in [9.17, 15) is 14.7 Å². The number of aliphatic carboxylic acids is 1. The number of carboxylic acids is 1. The first kappa shape index (κ1) is 16.1. The first-order chi connectivity index (χ1) is 10.1. The van der Waals surface area contributed by atoms with Crippen molar-refractivity contribution in [2.75, 3.05) is 6.79 Å². The quantitative estimate of drug-likeness (QED) is 0.633. The Hall–Kier alpha value is -2.28. The molecule has 1 atom stereocenters. The molecule has 1 aliphatic heterocycles. The number of hydrogen-bond acceptors (Lipinski definition) is 6. The number of carbonyl (C=O) groups is 2. The SMILES string of the molecule is CC(C)(C)OC(=O)[C@](N)(Cc1ccc2c(c1)OCO2)C(=O)O. The maximum atomic E-state index is 12.2. The van der Waals surface area contributed by atoms with E-state index >= 15 is 0 Å². The first-order valence-corrected chi connectivity index (χ1v) is 6.76. The molecule has 0 aromatic heterocycles. The molecule has 2 rings (SSSR count). The fourth-order valence-electron chi connectivity index (χ4n) is 1.98. The molecule has 0 bridgehead atoms. The van der Waals surface area contributed by atoms with Gasteiger partial charge >= 0.3 is 11.9 Å². The van der Waals surface area contributed by atoms with E-state index in [0.717, 1.165) is 0 Å². The van der Waals surface area contributed by atoms with Crippen LogP contribution in [0.3, 0.4) is 0 Å². The number of rotatable bonds is 4. The lowest BCUT2D eigenvalue weighted by Gasteiger charge is -2.28. The number of esters is 1. The Morgan fingerprint density at radius 1 is 1.27 bits per heavy atom. The maximum absolute atomic E-state index is 12.2. The van der Waals surface area contributed by atoms with Crippen LogP contribution in [0.2, 0.25) is 0 Å². The van der Waals surface area contributed by atoms with Crippen LogP contribution in [0, 0.1) is 0 Å². The van der Waals surface area contributed by atoms with E-state index < -0.39 is 23.1 Å². The molecule has 1 heterocycles. The minimum Gasteiger partial charge on any atom is -0.479 e. The van der Waals surface area contributed by atoms with Crippen LogP contribution in [-0.2, 0) is 20.7 Å². The van der Waals surface area contributed by atoms with E-state index in [2.05, 4.69) is 0 Å². The molecule has 0 aliphatic carbocycles. The van der Waals surface area contributed by atoms with Gasteiger partial charge in [0, 0.05) is 6.42 Å². The summed E-state index contributed by atoms with van der Waals surface area (Å²) in [4.78, 5) is 23.7. The lowest BCUT2D eigenvalue weighted by molar-refractivity contribution is -0.169. The van der Waals surface area contributed by atoms with Crippen molar-refractivity contribution in [2.24, 2.45) is 5.73 Å². The van der Waals surface area contributed by atoms with Crippen molar-refractivity contribution >= 4 is 11.9 Å². The lowest BCUT2D eigenvalue weighted by Crippen LogP contribution is -2.58. The average Bonchev–Trinajstić information content (AvgIpc) is 2.83. The highest BCUT2D eigenvalue weighted by Crippen LogP contribution is 2.33. The minimum atomic E-state index is -2.17. The van der Waals surface area contributed by atoms with Gasteiger partial charge in [0.1, 0.15) is 5.60 Å². The van der Waals surface area contributed by atoms with E-state index in [1.165, 1.54) is 0 Å². The Morgan fingerprint density at radius 2 is 1.91 bits per heavy atom. The monoisotopic (exact) mass is 309 g/mol. The smallest absolute Gasteiger partial charge is 0.338 e. The Kier molecular flexibility index (Phi) is 4.02. The molecular weight excluding hydrogens is 290 g/mol. The molecule has 0 unspecified atom stereocenters. The zero-order valence-electron chi connectivity index (χ0n) is 12.7. The topological polar surface area (TPSA) is 108 Å². The molecule has 0 amide bonds. The van der Waals surface area contributed by atoms with Gasteiger partial charge in [-0.2, -0.15) is 0 Å². The third-order valence-electron chi connectivity index (χ3n) is 3.06. The second-order valence-corrected chi connectivity index (χ2v) is 6.14. The predicted octanol–water partition coefficient (Wildman–Crippen LogP) is 1.08. The van der Waals surface area contributed by atoms with Crippen molar-refractivity contribution in [1.82, 2.24) is 0 Å². The number of carboxylic acid groups (broad SMARTS) is 1. The summed E-state index contributed by atoms with van der Waals surface area (Å²) in [7, 11) is 0. The number of carbonyl (C=O) groups excluding carboxylic acids is 1. The van der Waals surface area contributed by atoms with E-state index in [4.69, 9.17) is 19.9 Å². The van der Waals surface area contributed by atoms with E-state index in [1.54, 1.807) is 39.0 Å². The summed E-state index contributed by atoms with van der Waals surface area (Å²) in [5.74, 6) is -1.36.